The zero-order valence-corrected chi connectivity index (χ0v) is 16.9. The van der Waals surface area contributed by atoms with Crippen molar-refractivity contribution >= 4 is 38.0 Å². The Bertz CT molecular complexity index is 1090. The number of aromatic nitrogens is 4. The molecule has 1 fully saturated rings. The molecule has 27 heavy (non-hydrogen) atoms. The van der Waals surface area contributed by atoms with Gasteiger partial charge in [0.1, 0.15) is 5.01 Å². The average Bonchev–Trinajstić information content (AvgIpc) is 3.22. The third-order valence-corrected chi connectivity index (χ3v) is 7.06. The van der Waals surface area contributed by atoms with E-state index in [2.05, 4.69) is 28.4 Å². The lowest BCUT2D eigenvalue weighted by Gasteiger charge is -2.29. The van der Waals surface area contributed by atoms with E-state index in [1.54, 1.807) is 4.52 Å². The molecule has 0 radical (unpaired) electrons. The summed E-state index contributed by atoms with van der Waals surface area (Å²) in [6.45, 7) is 3.04. The summed E-state index contributed by atoms with van der Waals surface area (Å²) >= 11 is 1.49. The van der Waals surface area contributed by atoms with Crippen molar-refractivity contribution in [3.63, 3.8) is 0 Å². The molecule has 1 unspecified atom stereocenters. The van der Waals surface area contributed by atoms with Gasteiger partial charge in [-0.15, -0.1) is 10.2 Å². The van der Waals surface area contributed by atoms with Gasteiger partial charge in [0.15, 0.2) is 5.82 Å². The minimum absolute atomic E-state index is 0.0110. The third-order valence-electron chi connectivity index (χ3n) is 4.75. The van der Waals surface area contributed by atoms with Crippen molar-refractivity contribution in [1.82, 2.24) is 24.1 Å². The molecule has 3 aromatic rings. The maximum atomic E-state index is 11.9. The summed E-state index contributed by atoms with van der Waals surface area (Å²) in [5.41, 5.74) is 2.18. The second kappa shape index (κ2) is 7.14. The number of allylic oxidation sites excluding steroid dienone is 1. The first kappa shape index (κ1) is 18.3. The van der Waals surface area contributed by atoms with E-state index >= 15 is 0 Å². The summed E-state index contributed by atoms with van der Waals surface area (Å²) < 4.78 is 27.1. The summed E-state index contributed by atoms with van der Waals surface area (Å²) in [4.78, 5) is 0.734. The van der Waals surface area contributed by atoms with Gasteiger partial charge in [0.2, 0.25) is 15.0 Å². The Morgan fingerprint density at radius 3 is 2.78 bits per heavy atom. The molecule has 3 heterocycles. The van der Waals surface area contributed by atoms with Gasteiger partial charge in [-0.1, -0.05) is 41.7 Å². The SMILES string of the molecule is C/C(=C\c1ccccc1)c1nn2c(C3CCCN(S(C)(=O)=O)C3)nnc2s1. The molecule has 0 N–H and O–H groups in total. The topological polar surface area (TPSA) is 80.5 Å². The number of fused-ring (bicyclic) bond motifs is 1. The van der Waals surface area contributed by atoms with Crippen molar-refractivity contribution in [3.8, 4) is 0 Å². The number of sulfonamides is 1. The Morgan fingerprint density at radius 2 is 2.04 bits per heavy atom. The van der Waals surface area contributed by atoms with Gasteiger partial charge in [-0.2, -0.15) is 9.61 Å². The lowest BCUT2D eigenvalue weighted by Crippen LogP contribution is -2.38. The maximum Gasteiger partial charge on any atom is 0.234 e. The molecule has 1 aromatic carbocycles. The average molecular weight is 404 g/mol. The highest BCUT2D eigenvalue weighted by Gasteiger charge is 2.30. The number of piperidine rings is 1. The molecule has 0 amide bonds. The van der Waals surface area contributed by atoms with Crippen molar-refractivity contribution < 1.29 is 8.42 Å². The first-order valence-corrected chi connectivity index (χ1v) is 11.5. The van der Waals surface area contributed by atoms with Crippen LogP contribution in [-0.2, 0) is 10.0 Å². The minimum atomic E-state index is -3.20. The van der Waals surface area contributed by atoms with Crippen molar-refractivity contribution in [2.24, 2.45) is 0 Å². The molecular weight excluding hydrogens is 382 g/mol. The van der Waals surface area contributed by atoms with Gasteiger partial charge in [0.05, 0.1) is 6.26 Å². The molecular formula is C18H21N5O2S2. The van der Waals surface area contributed by atoms with Crippen LogP contribution in [0.15, 0.2) is 30.3 Å². The molecule has 4 rings (SSSR count). The maximum absolute atomic E-state index is 11.9. The van der Waals surface area contributed by atoms with Crippen LogP contribution in [0.5, 0.6) is 0 Å². The molecule has 0 aliphatic carbocycles. The predicted molar refractivity (Wildman–Crippen MR) is 107 cm³/mol. The van der Waals surface area contributed by atoms with E-state index in [0.29, 0.717) is 13.1 Å². The molecule has 7 nitrogen and oxygen atoms in total. The minimum Gasteiger partial charge on any atom is -0.213 e. The van der Waals surface area contributed by atoms with Crippen LogP contribution in [0.4, 0.5) is 0 Å². The number of benzene rings is 1. The van der Waals surface area contributed by atoms with Crippen LogP contribution in [0.25, 0.3) is 16.6 Å². The normalized spacial score (nSPS) is 19.6. The van der Waals surface area contributed by atoms with Crippen molar-refractivity contribution in [1.29, 1.82) is 0 Å². The number of rotatable bonds is 4. The molecule has 1 aliphatic rings. The van der Waals surface area contributed by atoms with E-state index < -0.39 is 10.0 Å². The Kier molecular flexibility index (Phi) is 4.83. The Hall–Kier alpha value is -2.10. The third kappa shape index (κ3) is 3.80. The first-order valence-electron chi connectivity index (χ1n) is 8.83. The summed E-state index contributed by atoms with van der Waals surface area (Å²) in [6.07, 6.45) is 5.06. The molecule has 1 saturated heterocycles. The van der Waals surface area contributed by atoms with Crippen LogP contribution in [0.1, 0.15) is 42.1 Å². The van der Waals surface area contributed by atoms with Gasteiger partial charge in [0, 0.05) is 19.0 Å². The zero-order valence-electron chi connectivity index (χ0n) is 15.2. The predicted octanol–water partition coefficient (Wildman–Crippen LogP) is 2.89. The van der Waals surface area contributed by atoms with E-state index in [1.807, 2.05) is 25.1 Å². The second-order valence-corrected chi connectivity index (χ2v) is 9.80. The van der Waals surface area contributed by atoms with Crippen LogP contribution in [0.2, 0.25) is 0 Å². The van der Waals surface area contributed by atoms with Crippen LogP contribution < -0.4 is 0 Å². The smallest absolute Gasteiger partial charge is 0.213 e. The second-order valence-electron chi connectivity index (χ2n) is 6.86. The fourth-order valence-electron chi connectivity index (χ4n) is 3.36. The largest absolute Gasteiger partial charge is 0.234 e. The first-order chi connectivity index (χ1) is 12.9. The van der Waals surface area contributed by atoms with Crippen LogP contribution in [-0.4, -0.2) is 51.9 Å². The van der Waals surface area contributed by atoms with Crippen LogP contribution >= 0.6 is 11.3 Å². The van der Waals surface area contributed by atoms with E-state index in [9.17, 15) is 8.42 Å². The van der Waals surface area contributed by atoms with Crippen molar-refractivity contribution in [2.75, 3.05) is 19.3 Å². The van der Waals surface area contributed by atoms with Gasteiger partial charge in [-0.25, -0.2) is 12.7 Å². The summed E-state index contributed by atoms with van der Waals surface area (Å²) in [5.74, 6) is 0.755. The van der Waals surface area contributed by atoms with Gasteiger partial charge in [-0.05, 0) is 37.0 Å². The fourth-order valence-corrected chi connectivity index (χ4v) is 5.09. The van der Waals surface area contributed by atoms with E-state index in [1.165, 1.54) is 21.9 Å². The molecule has 1 aliphatic heterocycles. The molecule has 0 bridgehead atoms. The number of hydrogen-bond acceptors (Lipinski definition) is 6. The lowest BCUT2D eigenvalue weighted by molar-refractivity contribution is 0.309. The Labute approximate surface area is 162 Å². The zero-order chi connectivity index (χ0) is 19.0. The van der Waals surface area contributed by atoms with Gasteiger partial charge in [-0.3, -0.25) is 0 Å². The van der Waals surface area contributed by atoms with E-state index in [-0.39, 0.29) is 5.92 Å². The van der Waals surface area contributed by atoms with E-state index in [4.69, 9.17) is 5.10 Å². The molecule has 1 atom stereocenters. The fraction of sp³-hybridized carbons (Fsp3) is 0.389. The van der Waals surface area contributed by atoms with Gasteiger partial charge >= 0.3 is 0 Å². The number of nitrogens with zero attached hydrogens (tertiary/aromatic N) is 5. The highest BCUT2D eigenvalue weighted by Crippen LogP contribution is 2.30. The summed E-state index contributed by atoms with van der Waals surface area (Å²) in [7, 11) is -3.20. The van der Waals surface area contributed by atoms with Crippen molar-refractivity contribution in [2.45, 2.75) is 25.7 Å². The summed E-state index contributed by atoms with van der Waals surface area (Å²) in [6, 6.07) is 10.1. The highest BCUT2D eigenvalue weighted by molar-refractivity contribution is 7.88. The Morgan fingerprint density at radius 1 is 1.26 bits per heavy atom. The Balaban J connectivity index is 1.64. The molecule has 0 spiro atoms. The molecule has 142 valence electrons. The molecule has 9 heteroatoms. The highest BCUT2D eigenvalue weighted by atomic mass is 32.2. The van der Waals surface area contributed by atoms with Crippen LogP contribution in [0.3, 0.4) is 0 Å². The quantitative estimate of drug-likeness (QED) is 0.669. The van der Waals surface area contributed by atoms with Gasteiger partial charge < -0.3 is 0 Å². The molecule has 2 aromatic heterocycles. The molecule has 0 saturated carbocycles. The van der Waals surface area contributed by atoms with Crippen molar-refractivity contribution in [3.05, 3.63) is 46.7 Å². The van der Waals surface area contributed by atoms with E-state index in [0.717, 1.165) is 39.8 Å². The number of hydrogen-bond donors (Lipinski definition) is 0. The van der Waals surface area contributed by atoms with Gasteiger partial charge in [0.25, 0.3) is 0 Å². The van der Waals surface area contributed by atoms with Crippen LogP contribution in [0, 0.1) is 0 Å². The summed E-state index contributed by atoms with van der Waals surface area (Å²) in [5, 5.41) is 14.2. The lowest BCUT2D eigenvalue weighted by atomic mass is 9.99. The standard InChI is InChI=1S/C18H21N5O2S2/c1-13(11-14-7-4-3-5-8-14)17-21-23-16(19-20-18(23)26-17)15-9-6-10-22(12-15)27(2,24)25/h3-5,7-8,11,15H,6,9-10,12H2,1-2H3/b13-11+. The monoisotopic (exact) mass is 403 g/mol.